The van der Waals surface area contributed by atoms with Crippen molar-refractivity contribution < 1.29 is 9.47 Å². The molecule has 0 spiro atoms. The monoisotopic (exact) mass is 570 g/mol. The fourth-order valence-corrected chi connectivity index (χ4v) is 4.64. The molecule has 3 aromatic rings. The third kappa shape index (κ3) is 7.36. The Hall–Kier alpha value is -1.79. The fraction of sp³-hybridized carbons (Fsp3) is 0.231. The Bertz CT molecular complexity index is 1140. The summed E-state index contributed by atoms with van der Waals surface area (Å²) < 4.78 is 12.1. The van der Waals surface area contributed by atoms with Gasteiger partial charge >= 0.3 is 0 Å². The fourth-order valence-electron chi connectivity index (χ4n) is 3.58. The van der Waals surface area contributed by atoms with E-state index in [0.717, 1.165) is 16.9 Å². The molecule has 4 rings (SSSR count). The molecule has 1 aliphatic heterocycles. The highest BCUT2D eigenvalue weighted by Crippen LogP contribution is 2.33. The van der Waals surface area contributed by atoms with E-state index in [1.165, 1.54) is 0 Å². The first-order valence-corrected chi connectivity index (χ1v) is 12.9. The Kier molecular flexibility index (Phi) is 9.34. The maximum atomic E-state index is 6.96. The van der Waals surface area contributed by atoms with Crippen LogP contribution in [-0.4, -0.2) is 35.1 Å². The SMILES string of the molecule is Clc1ccc(OCCN2C=CN(C(Cl)C(OCc3ccc(Cl)cc3Cl)c3ccc(Cl)cc3)C2)cc1. The first kappa shape index (κ1) is 26.3. The van der Waals surface area contributed by atoms with Gasteiger partial charge in [-0.2, -0.15) is 0 Å². The van der Waals surface area contributed by atoms with Crippen LogP contribution in [0.25, 0.3) is 0 Å². The number of benzene rings is 3. The van der Waals surface area contributed by atoms with Crippen molar-refractivity contribution in [3.8, 4) is 5.75 Å². The first-order chi connectivity index (χ1) is 16.9. The van der Waals surface area contributed by atoms with Crippen LogP contribution in [0.15, 0.2) is 79.1 Å². The average molecular weight is 573 g/mol. The van der Waals surface area contributed by atoms with E-state index in [2.05, 4.69) is 4.90 Å². The quantitative estimate of drug-likeness (QED) is 0.180. The van der Waals surface area contributed by atoms with Crippen molar-refractivity contribution in [3.63, 3.8) is 0 Å². The molecule has 4 nitrogen and oxygen atoms in total. The lowest BCUT2D eigenvalue weighted by Crippen LogP contribution is -2.36. The van der Waals surface area contributed by atoms with Crippen LogP contribution in [0.2, 0.25) is 20.1 Å². The van der Waals surface area contributed by atoms with Gasteiger partial charge in [0.1, 0.15) is 24.0 Å². The molecule has 0 bridgehead atoms. The Labute approximate surface area is 230 Å². The topological polar surface area (TPSA) is 24.9 Å². The van der Waals surface area contributed by atoms with Crippen molar-refractivity contribution in [1.82, 2.24) is 9.80 Å². The van der Waals surface area contributed by atoms with Crippen LogP contribution in [0.5, 0.6) is 5.75 Å². The largest absolute Gasteiger partial charge is 0.492 e. The lowest BCUT2D eigenvalue weighted by molar-refractivity contribution is 0.00651. The minimum absolute atomic E-state index is 0.280. The molecule has 184 valence electrons. The molecule has 0 fully saturated rings. The molecule has 0 amide bonds. The molecule has 1 heterocycles. The normalized spacial score (nSPS) is 14.9. The molecule has 2 unspecified atom stereocenters. The van der Waals surface area contributed by atoms with Crippen molar-refractivity contribution in [1.29, 1.82) is 0 Å². The molecule has 0 saturated heterocycles. The summed E-state index contributed by atoms with van der Waals surface area (Å²) in [4.78, 5) is 4.15. The average Bonchev–Trinajstić information content (AvgIpc) is 3.31. The predicted octanol–water partition coefficient (Wildman–Crippen LogP) is 8.25. The van der Waals surface area contributed by atoms with Crippen molar-refractivity contribution >= 4 is 58.0 Å². The van der Waals surface area contributed by atoms with E-state index in [1.54, 1.807) is 24.3 Å². The summed E-state index contributed by atoms with van der Waals surface area (Å²) in [5.74, 6) is 0.779. The summed E-state index contributed by atoms with van der Waals surface area (Å²) in [5.41, 5.74) is 1.27. The standard InChI is InChI=1S/C26H23Cl5N2O2/c27-20-4-1-18(2-5-20)25(35-16-19-3-6-22(29)15-24(19)30)26(31)33-12-11-32(17-33)13-14-34-23-9-7-21(28)8-10-23/h1-12,15,25-26H,13-14,16-17H2. The van der Waals surface area contributed by atoms with E-state index in [0.29, 0.717) is 39.9 Å². The van der Waals surface area contributed by atoms with E-state index in [-0.39, 0.29) is 6.61 Å². The van der Waals surface area contributed by atoms with Gasteiger partial charge in [0, 0.05) is 32.5 Å². The Morgan fingerprint density at radius 2 is 1.46 bits per heavy atom. The second kappa shape index (κ2) is 12.4. The lowest BCUT2D eigenvalue weighted by Gasteiger charge is -2.31. The Morgan fingerprint density at radius 1 is 0.800 bits per heavy atom. The highest BCUT2D eigenvalue weighted by molar-refractivity contribution is 6.35. The third-order valence-electron chi connectivity index (χ3n) is 5.47. The number of halogens is 5. The molecular weight excluding hydrogens is 550 g/mol. The van der Waals surface area contributed by atoms with Crippen LogP contribution in [0.1, 0.15) is 17.2 Å². The van der Waals surface area contributed by atoms with Crippen LogP contribution in [0, 0.1) is 0 Å². The molecule has 35 heavy (non-hydrogen) atoms. The third-order valence-corrected chi connectivity index (χ3v) is 7.04. The highest BCUT2D eigenvalue weighted by Gasteiger charge is 2.29. The number of hydrogen-bond donors (Lipinski definition) is 0. The van der Waals surface area contributed by atoms with E-state index >= 15 is 0 Å². The zero-order chi connectivity index (χ0) is 24.8. The maximum Gasteiger partial charge on any atom is 0.135 e. The van der Waals surface area contributed by atoms with Gasteiger partial charge in [-0.1, -0.05) is 76.2 Å². The molecule has 0 radical (unpaired) electrons. The van der Waals surface area contributed by atoms with Crippen LogP contribution in [-0.2, 0) is 11.3 Å². The zero-order valence-corrected chi connectivity index (χ0v) is 22.4. The van der Waals surface area contributed by atoms with Crippen LogP contribution < -0.4 is 4.74 Å². The van der Waals surface area contributed by atoms with Gasteiger partial charge in [-0.25, -0.2) is 0 Å². The summed E-state index contributed by atoms with van der Waals surface area (Å²) in [6.07, 6.45) is 3.52. The summed E-state index contributed by atoms with van der Waals surface area (Å²) in [6.45, 7) is 2.11. The van der Waals surface area contributed by atoms with Crippen molar-refractivity contribution in [2.75, 3.05) is 19.8 Å². The Morgan fingerprint density at radius 3 is 2.14 bits per heavy atom. The second-order valence-electron chi connectivity index (χ2n) is 7.96. The number of ether oxygens (including phenoxy) is 2. The van der Waals surface area contributed by atoms with Crippen molar-refractivity contribution in [2.24, 2.45) is 0 Å². The second-order valence-corrected chi connectivity index (χ2v) is 10.1. The number of nitrogens with zero attached hydrogens (tertiary/aromatic N) is 2. The van der Waals surface area contributed by atoms with E-state index < -0.39 is 11.6 Å². The predicted molar refractivity (Wildman–Crippen MR) is 145 cm³/mol. The van der Waals surface area contributed by atoms with Gasteiger partial charge in [-0.15, -0.1) is 0 Å². The van der Waals surface area contributed by atoms with E-state index in [9.17, 15) is 0 Å². The van der Waals surface area contributed by atoms with Gasteiger partial charge in [0.25, 0.3) is 0 Å². The van der Waals surface area contributed by atoms with Gasteiger partial charge in [-0.3, -0.25) is 0 Å². The van der Waals surface area contributed by atoms with Gasteiger partial charge < -0.3 is 19.3 Å². The molecule has 0 N–H and O–H groups in total. The summed E-state index contributed by atoms with van der Waals surface area (Å²) in [6, 6.07) is 20.1. The minimum Gasteiger partial charge on any atom is -0.492 e. The summed E-state index contributed by atoms with van der Waals surface area (Å²) in [7, 11) is 0. The molecule has 3 aromatic carbocycles. The van der Waals surface area contributed by atoms with Crippen LogP contribution in [0.3, 0.4) is 0 Å². The van der Waals surface area contributed by atoms with Gasteiger partial charge in [0.2, 0.25) is 0 Å². The van der Waals surface area contributed by atoms with Gasteiger partial charge in [0.05, 0.1) is 19.8 Å². The minimum atomic E-state index is -0.472. The lowest BCUT2D eigenvalue weighted by atomic mass is 10.1. The van der Waals surface area contributed by atoms with E-state index in [1.807, 2.05) is 59.8 Å². The summed E-state index contributed by atoms with van der Waals surface area (Å²) >= 11 is 31.4. The Balaban J connectivity index is 1.38. The highest BCUT2D eigenvalue weighted by atomic mass is 35.5. The van der Waals surface area contributed by atoms with Crippen LogP contribution in [0.4, 0.5) is 0 Å². The van der Waals surface area contributed by atoms with Gasteiger partial charge in [0.15, 0.2) is 0 Å². The zero-order valence-electron chi connectivity index (χ0n) is 18.6. The molecule has 1 aliphatic rings. The smallest absolute Gasteiger partial charge is 0.135 e. The number of rotatable bonds is 10. The molecule has 0 aliphatic carbocycles. The molecule has 2 atom stereocenters. The molecular formula is C26H23Cl5N2O2. The van der Waals surface area contributed by atoms with Crippen molar-refractivity contribution in [3.05, 3.63) is 110 Å². The number of hydrogen-bond acceptors (Lipinski definition) is 4. The molecule has 0 saturated carbocycles. The molecule has 9 heteroatoms. The summed E-state index contributed by atoms with van der Waals surface area (Å²) in [5, 5.41) is 2.45. The van der Waals surface area contributed by atoms with Crippen LogP contribution >= 0.6 is 58.0 Å². The molecule has 0 aromatic heterocycles. The maximum absolute atomic E-state index is 6.96. The number of alkyl halides is 1. The first-order valence-electron chi connectivity index (χ1n) is 10.9. The van der Waals surface area contributed by atoms with E-state index in [4.69, 9.17) is 67.5 Å². The van der Waals surface area contributed by atoms with Crippen molar-refractivity contribution in [2.45, 2.75) is 18.2 Å². The van der Waals surface area contributed by atoms with Gasteiger partial charge in [-0.05, 0) is 59.7 Å².